The topological polar surface area (TPSA) is 42.7 Å². The van der Waals surface area contributed by atoms with Gasteiger partial charge in [0.25, 0.3) is 0 Å². The molecule has 0 aliphatic rings. The van der Waals surface area contributed by atoms with Crippen LogP contribution in [0.1, 0.15) is 11.3 Å². The SMILES string of the molecule is Cc1c(Cl)cccc1NCc1cnn(-c2ccccc2)n1. The monoisotopic (exact) mass is 298 g/mol. The molecule has 4 nitrogen and oxygen atoms in total. The zero-order valence-electron chi connectivity index (χ0n) is 11.6. The van der Waals surface area contributed by atoms with Gasteiger partial charge in [0.05, 0.1) is 18.4 Å². The summed E-state index contributed by atoms with van der Waals surface area (Å²) in [5, 5.41) is 12.8. The van der Waals surface area contributed by atoms with Gasteiger partial charge in [0, 0.05) is 10.7 Å². The van der Waals surface area contributed by atoms with Crippen LogP contribution in [0.15, 0.2) is 54.7 Å². The van der Waals surface area contributed by atoms with Crippen molar-refractivity contribution in [1.29, 1.82) is 0 Å². The van der Waals surface area contributed by atoms with E-state index in [2.05, 4.69) is 15.5 Å². The van der Waals surface area contributed by atoms with Crippen LogP contribution in [0.3, 0.4) is 0 Å². The van der Waals surface area contributed by atoms with E-state index in [0.717, 1.165) is 27.7 Å². The maximum Gasteiger partial charge on any atom is 0.102 e. The predicted molar refractivity (Wildman–Crippen MR) is 84.9 cm³/mol. The highest BCUT2D eigenvalue weighted by atomic mass is 35.5. The molecule has 1 N–H and O–H groups in total. The van der Waals surface area contributed by atoms with Crippen molar-refractivity contribution in [1.82, 2.24) is 15.0 Å². The van der Waals surface area contributed by atoms with Gasteiger partial charge in [-0.1, -0.05) is 35.9 Å². The van der Waals surface area contributed by atoms with Crippen LogP contribution in [-0.2, 0) is 6.54 Å². The molecule has 0 aliphatic carbocycles. The van der Waals surface area contributed by atoms with Crippen LogP contribution < -0.4 is 5.32 Å². The van der Waals surface area contributed by atoms with Crippen LogP contribution in [0.2, 0.25) is 5.02 Å². The Hall–Kier alpha value is -2.33. The smallest absolute Gasteiger partial charge is 0.102 e. The first-order chi connectivity index (χ1) is 10.2. The van der Waals surface area contributed by atoms with Crippen LogP contribution in [-0.4, -0.2) is 15.0 Å². The molecule has 5 heteroatoms. The van der Waals surface area contributed by atoms with E-state index in [1.54, 1.807) is 11.0 Å². The minimum atomic E-state index is 0.605. The lowest BCUT2D eigenvalue weighted by molar-refractivity contribution is 0.740. The van der Waals surface area contributed by atoms with Crippen molar-refractivity contribution in [2.75, 3.05) is 5.32 Å². The zero-order valence-corrected chi connectivity index (χ0v) is 12.4. The molecule has 0 amide bonds. The molecule has 3 rings (SSSR count). The van der Waals surface area contributed by atoms with Gasteiger partial charge < -0.3 is 5.32 Å². The van der Waals surface area contributed by atoms with Crippen LogP contribution in [0, 0.1) is 6.92 Å². The Morgan fingerprint density at radius 2 is 1.90 bits per heavy atom. The summed E-state index contributed by atoms with van der Waals surface area (Å²) in [6.07, 6.45) is 1.76. The lowest BCUT2D eigenvalue weighted by atomic mass is 10.2. The molecule has 3 aromatic rings. The molecule has 2 aromatic carbocycles. The number of aromatic nitrogens is 3. The lowest BCUT2D eigenvalue weighted by Crippen LogP contribution is -2.03. The summed E-state index contributed by atoms with van der Waals surface area (Å²) in [6.45, 7) is 2.60. The minimum Gasteiger partial charge on any atom is -0.379 e. The van der Waals surface area contributed by atoms with Gasteiger partial charge >= 0.3 is 0 Å². The number of hydrogen-bond donors (Lipinski definition) is 1. The third-order valence-electron chi connectivity index (χ3n) is 3.25. The quantitative estimate of drug-likeness (QED) is 0.796. The Morgan fingerprint density at radius 1 is 1.10 bits per heavy atom. The molecule has 0 aliphatic heterocycles. The highest BCUT2D eigenvalue weighted by Gasteiger charge is 2.05. The molecule has 1 heterocycles. The van der Waals surface area contributed by atoms with E-state index in [9.17, 15) is 0 Å². The summed E-state index contributed by atoms with van der Waals surface area (Å²) >= 11 is 6.11. The standard InChI is InChI=1S/C16H15ClN4/c1-12-15(17)8-5-9-16(12)18-10-13-11-19-21(20-13)14-6-3-2-4-7-14/h2-9,11,18H,10H2,1H3. The molecular weight excluding hydrogens is 284 g/mol. The first-order valence-corrected chi connectivity index (χ1v) is 7.07. The molecule has 1 aromatic heterocycles. The number of halogens is 1. The maximum absolute atomic E-state index is 6.11. The number of anilines is 1. The molecule has 0 saturated heterocycles. The van der Waals surface area contributed by atoms with E-state index in [4.69, 9.17) is 11.6 Å². The van der Waals surface area contributed by atoms with Crippen LogP contribution in [0.4, 0.5) is 5.69 Å². The van der Waals surface area contributed by atoms with Crippen molar-refractivity contribution in [2.24, 2.45) is 0 Å². The summed E-state index contributed by atoms with van der Waals surface area (Å²) < 4.78 is 0. The van der Waals surface area contributed by atoms with E-state index in [0.29, 0.717) is 6.54 Å². The van der Waals surface area contributed by atoms with E-state index in [1.807, 2.05) is 55.5 Å². The lowest BCUT2D eigenvalue weighted by Gasteiger charge is -2.08. The van der Waals surface area contributed by atoms with Gasteiger partial charge in [-0.2, -0.15) is 15.0 Å². The van der Waals surface area contributed by atoms with Gasteiger partial charge in [-0.15, -0.1) is 0 Å². The molecule has 0 saturated carbocycles. The Morgan fingerprint density at radius 3 is 2.71 bits per heavy atom. The van der Waals surface area contributed by atoms with E-state index in [1.165, 1.54) is 0 Å². The summed E-state index contributed by atoms with van der Waals surface area (Å²) in [6, 6.07) is 15.7. The van der Waals surface area contributed by atoms with Gasteiger partial charge in [0.2, 0.25) is 0 Å². The van der Waals surface area contributed by atoms with Crippen molar-refractivity contribution in [3.63, 3.8) is 0 Å². The highest BCUT2D eigenvalue weighted by Crippen LogP contribution is 2.23. The van der Waals surface area contributed by atoms with Crippen molar-refractivity contribution >= 4 is 17.3 Å². The number of rotatable bonds is 4. The van der Waals surface area contributed by atoms with Crippen molar-refractivity contribution in [3.05, 3.63) is 71.0 Å². The second-order valence-corrected chi connectivity index (χ2v) is 5.13. The van der Waals surface area contributed by atoms with E-state index < -0.39 is 0 Å². The molecule has 106 valence electrons. The Labute approximate surface area is 128 Å². The Kier molecular flexibility index (Phi) is 3.88. The minimum absolute atomic E-state index is 0.605. The van der Waals surface area contributed by atoms with Crippen LogP contribution >= 0.6 is 11.6 Å². The number of benzene rings is 2. The molecule has 21 heavy (non-hydrogen) atoms. The fourth-order valence-electron chi connectivity index (χ4n) is 2.05. The largest absolute Gasteiger partial charge is 0.379 e. The number of para-hydroxylation sites is 1. The number of nitrogens with zero attached hydrogens (tertiary/aromatic N) is 3. The van der Waals surface area contributed by atoms with Gasteiger partial charge in [-0.05, 0) is 36.8 Å². The van der Waals surface area contributed by atoms with Crippen molar-refractivity contribution in [2.45, 2.75) is 13.5 Å². The van der Waals surface area contributed by atoms with Crippen molar-refractivity contribution in [3.8, 4) is 5.69 Å². The average molecular weight is 299 g/mol. The number of hydrogen-bond acceptors (Lipinski definition) is 3. The summed E-state index contributed by atoms with van der Waals surface area (Å²) in [7, 11) is 0. The van der Waals surface area contributed by atoms with Crippen molar-refractivity contribution < 1.29 is 0 Å². The molecule has 0 radical (unpaired) electrons. The second-order valence-electron chi connectivity index (χ2n) is 4.73. The molecular formula is C16H15ClN4. The average Bonchev–Trinajstić information content (AvgIpc) is 2.99. The van der Waals surface area contributed by atoms with Gasteiger partial charge in [-0.25, -0.2) is 0 Å². The molecule has 0 spiro atoms. The van der Waals surface area contributed by atoms with Crippen LogP contribution in [0.5, 0.6) is 0 Å². The Balaban J connectivity index is 1.72. The van der Waals surface area contributed by atoms with E-state index >= 15 is 0 Å². The maximum atomic E-state index is 6.11. The Bertz CT molecular complexity index is 737. The third-order valence-corrected chi connectivity index (χ3v) is 3.66. The fraction of sp³-hybridized carbons (Fsp3) is 0.125. The fourth-order valence-corrected chi connectivity index (χ4v) is 2.22. The molecule has 0 unspecified atom stereocenters. The normalized spacial score (nSPS) is 10.6. The van der Waals surface area contributed by atoms with Gasteiger partial charge in [-0.3, -0.25) is 0 Å². The molecule has 0 atom stereocenters. The number of nitrogens with one attached hydrogen (secondary N) is 1. The van der Waals surface area contributed by atoms with Gasteiger partial charge in [0.1, 0.15) is 5.69 Å². The van der Waals surface area contributed by atoms with E-state index in [-0.39, 0.29) is 0 Å². The summed E-state index contributed by atoms with van der Waals surface area (Å²) in [4.78, 5) is 1.63. The zero-order chi connectivity index (χ0) is 14.7. The van der Waals surface area contributed by atoms with Crippen LogP contribution in [0.25, 0.3) is 5.69 Å². The summed E-state index contributed by atoms with van der Waals surface area (Å²) in [5.74, 6) is 0. The predicted octanol–water partition coefficient (Wildman–Crippen LogP) is 3.84. The summed E-state index contributed by atoms with van der Waals surface area (Å²) in [5.41, 5.74) is 3.87. The van der Waals surface area contributed by atoms with Gasteiger partial charge in [0.15, 0.2) is 0 Å². The molecule has 0 fully saturated rings. The highest BCUT2D eigenvalue weighted by molar-refractivity contribution is 6.31. The first-order valence-electron chi connectivity index (χ1n) is 6.69. The second kappa shape index (κ2) is 5.97. The molecule has 0 bridgehead atoms. The third kappa shape index (κ3) is 3.06. The first kappa shape index (κ1) is 13.6.